The lowest BCUT2D eigenvalue weighted by molar-refractivity contribution is 0.310. The third-order valence-corrected chi connectivity index (χ3v) is 2.60. The Morgan fingerprint density at radius 1 is 1.24 bits per heavy atom. The zero-order valence-corrected chi connectivity index (χ0v) is 15.2. The van der Waals surface area contributed by atoms with Gasteiger partial charge < -0.3 is 15.4 Å². The molecule has 0 unspecified atom stereocenters. The summed E-state index contributed by atoms with van der Waals surface area (Å²) in [6, 6.07) is 6.05. The Morgan fingerprint density at radius 2 is 1.90 bits per heavy atom. The van der Waals surface area contributed by atoms with Crippen molar-refractivity contribution in [2.45, 2.75) is 20.3 Å². The lowest BCUT2D eigenvalue weighted by atomic mass is 10.2. The number of benzene rings is 1. The molecular weight excluding hydrogens is 384 g/mol. The molecule has 1 aromatic carbocycles. The normalized spacial score (nSPS) is 11.0. The second-order valence-electron chi connectivity index (χ2n) is 4.93. The van der Waals surface area contributed by atoms with E-state index >= 15 is 0 Å². The van der Waals surface area contributed by atoms with Crippen molar-refractivity contribution in [2.24, 2.45) is 10.9 Å². The number of halogens is 2. The first-order valence-electron chi connectivity index (χ1n) is 6.94. The van der Waals surface area contributed by atoms with Crippen LogP contribution in [0.15, 0.2) is 29.3 Å². The van der Waals surface area contributed by atoms with Crippen molar-refractivity contribution in [1.29, 1.82) is 0 Å². The summed E-state index contributed by atoms with van der Waals surface area (Å²) in [6.07, 6.45) is 0.847. The lowest BCUT2D eigenvalue weighted by Crippen LogP contribution is -2.39. The first-order chi connectivity index (χ1) is 9.61. The van der Waals surface area contributed by atoms with Gasteiger partial charge in [-0.15, -0.1) is 24.0 Å². The largest absolute Gasteiger partial charge is 0.494 e. The summed E-state index contributed by atoms with van der Waals surface area (Å²) in [6.45, 7) is 6.55. The van der Waals surface area contributed by atoms with Gasteiger partial charge >= 0.3 is 0 Å². The minimum absolute atomic E-state index is 0. The predicted octanol–water partition coefficient (Wildman–Crippen LogP) is 3.03. The molecule has 0 aromatic heterocycles. The van der Waals surface area contributed by atoms with Gasteiger partial charge in [0.2, 0.25) is 0 Å². The van der Waals surface area contributed by atoms with E-state index in [1.54, 1.807) is 19.2 Å². The summed E-state index contributed by atoms with van der Waals surface area (Å²) in [5, 5.41) is 6.46. The average Bonchev–Trinajstić information content (AvgIpc) is 2.43. The molecular formula is C15H25FIN3O. The molecule has 21 heavy (non-hydrogen) atoms. The number of hydrogen-bond acceptors (Lipinski definition) is 2. The van der Waals surface area contributed by atoms with Crippen LogP contribution < -0.4 is 15.4 Å². The highest BCUT2D eigenvalue weighted by Gasteiger charge is 1.99. The fourth-order valence-corrected chi connectivity index (χ4v) is 1.52. The third kappa shape index (κ3) is 9.49. The van der Waals surface area contributed by atoms with Gasteiger partial charge in [0.15, 0.2) is 5.96 Å². The van der Waals surface area contributed by atoms with Crippen molar-refractivity contribution in [3.8, 4) is 5.75 Å². The summed E-state index contributed by atoms with van der Waals surface area (Å²) < 4.78 is 18.2. The van der Waals surface area contributed by atoms with E-state index in [0.717, 1.165) is 25.5 Å². The van der Waals surface area contributed by atoms with Crippen LogP contribution in [-0.4, -0.2) is 32.7 Å². The minimum Gasteiger partial charge on any atom is -0.494 e. The Balaban J connectivity index is 0.00000400. The maximum Gasteiger partial charge on any atom is 0.190 e. The van der Waals surface area contributed by atoms with E-state index in [-0.39, 0.29) is 29.8 Å². The van der Waals surface area contributed by atoms with Crippen molar-refractivity contribution >= 4 is 29.9 Å². The van der Waals surface area contributed by atoms with Crippen molar-refractivity contribution in [1.82, 2.24) is 10.6 Å². The number of aliphatic imine (C=N–C) groups is 1. The number of ether oxygens (including phenoxy) is 1. The van der Waals surface area contributed by atoms with Gasteiger partial charge in [0, 0.05) is 20.1 Å². The molecule has 2 N–H and O–H groups in total. The van der Waals surface area contributed by atoms with Crippen LogP contribution in [-0.2, 0) is 0 Å². The second-order valence-corrected chi connectivity index (χ2v) is 4.93. The van der Waals surface area contributed by atoms with Gasteiger partial charge in [-0.25, -0.2) is 4.39 Å². The molecule has 0 bridgehead atoms. The molecule has 0 spiro atoms. The molecule has 1 rings (SSSR count). The molecule has 4 nitrogen and oxygen atoms in total. The van der Waals surface area contributed by atoms with Crippen molar-refractivity contribution in [3.05, 3.63) is 30.1 Å². The summed E-state index contributed by atoms with van der Waals surface area (Å²) in [4.78, 5) is 4.14. The number of hydrogen-bond donors (Lipinski definition) is 2. The molecule has 0 fully saturated rings. The topological polar surface area (TPSA) is 45.7 Å². The van der Waals surface area contributed by atoms with Gasteiger partial charge in [0.1, 0.15) is 11.6 Å². The van der Waals surface area contributed by atoms with Gasteiger partial charge in [-0.1, -0.05) is 13.8 Å². The molecule has 0 aliphatic carbocycles. The van der Waals surface area contributed by atoms with Crippen LogP contribution in [0, 0.1) is 11.7 Å². The smallest absolute Gasteiger partial charge is 0.190 e. The predicted molar refractivity (Wildman–Crippen MR) is 96.1 cm³/mol. The van der Waals surface area contributed by atoms with Crippen molar-refractivity contribution < 1.29 is 9.13 Å². The molecule has 6 heteroatoms. The highest BCUT2D eigenvalue weighted by atomic mass is 127. The van der Waals surface area contributed by atoms with E-state index in [9.17, 15) is 4.39 Å². The molecule has 0 aliphatic rings. The number of nitrogens with zero attached hydrogens (tertiary/aromatic N) is 1. The molecule has 0 amide bonds. The van der Waals surface area contributed by atoms with Crippen LogP contribution in [0.5, 0.6) is 5.75 Å². The van der Waals surface area contributed by atoms with Crippen LogP contribution in [0.3, 0.4) is 0 Å². The number of rotatable bonds is 7. The zero-order valence-electron chi connectivity index (χ0n) is 12.9. The Morgan fingerprint density at radius 3 is 2.48 bits per heavy atom. The Hall–Kier alpha value is -1.05. The van der Waals surface area contributed by atoms with E-state index < -0.39 is 0 Å². The first kappa shape index (κ1) is 19.9. The van der Waals surface area contributed by atoms with Gasteiger partial charge in [-0.3, -0.25) is 4.99 Å². The fourth-order valence-electron chi connectivity index (χ4n) is 1.52. The van der Waals surface area contributed by atoms with Crippen LogP contribution in [0.25, 0.3) is 0 Å². The van der Waals surface area contributed by atoms with E-state index in [0.29, 0.717) is 18.3 Å². The quantitative estimate of drug-likeness (QED) is 0.315. The molecule has 1 aromatic rings. The van der Waals surface area contributed by atoms with E-state index in [1.165, 1.54) is 12.1 Å². The van der Waals surface area contributed by atoms with Crippen LogP contribution in [0.4, 0.5) is 4.39 Å². The summed E-state index contributed by atoms with van der Waals surface area (Å²) in [5.41, 5.74) is 0. The third-order valence-electron chi connectivity index (χ3n) is 2.60. The van der Waals surface area contributed by atoms with Gasteiger partial charge in [-0.05, 0) is 36.6 Å². The summed E-state index contributed by atoms with van der Waals surface area (Å²) >= 11 is 0. The van der Waals surface area contributed by atoms with Crippen molar-refractivity contribution in [3.63, 3.8) is 0 Å². The van der Waals surface area contributed by atoms with Gasteiger partial charge in [0.05, 0.1) is 6.61 Å². The first-order valence-corrected chi connectivity index (χ1v) is 6.94. The van der Waals surface area contributed by atoms with Crippen LogP contribution in [0.2, 0.25) is 0 Å². The lowest BCUT2D eigenvalue weighted by Gasteiger charge is -2.13. The standard InChI is InChI=1S/C15H24FN3O.HI/c1-12(2)11-19-15(17-3)18-9-4-10-20-14-7-5-13(16)6-8-14;/h5-8,12H,4,9-11H2,1-3H3,(H2,17,18,19);1H. The maximum atomic E-state index is 12.7. The molecule has 0 radical (unpaired) electrons. The molecule has 0 saturated heterocycles. The highest BCUT2D eigenvalue weighted by molar-refractivity contribution is 14.0. The van der Waals surface area contributed by atoms with E-state index in [4.69, 9.17) is 4.74 Å². The maximum absolute atomic E-state index is 12.7. The van der Waals surface area contributed by atoms with Crippen LogP contribution >= 0.6 is 24.0 Å². The Bertz CT molecular complexity index is 410. The summed E-state index contributed by atoms with van der Waals surface area (Å²) in [7, 11) is 1.75. The van der Waals surface area contributed by atoms with Crippen LogP contribution in [0.1, 0.15) is 20.3 Å². The Labute approximate surface area is 143 Å². The van der Waals surface area contributed by atoms with Gasteiger partial charge in [0.25, 0.3) is 0 Å². The monoisotopic (exact) mass is 409 g/mol. The van der Waals surface area contributed by atoms with E-state index in [2.05, 4.69) is 29.5 Å². The number of nitrogens with one attached hydrogen (secondary N) is 2. The zero-order chi connectivity index (χ0) is 14.8. The molecule has 0 saturated carbocycles. The fraction of sp³-hybridized carbons (Fsp3) is 0.533. The Kier molecular flexibility index (Phi) is 11.0. The van der Waals surface area contributed by atoms with Gasteiger partial charge in [-0.2, -0.15) is 0 Å². The van der Waals surface area contributed by atoms with Crippen molar-refractivity contribution in [2.75, 3.05) is 26.7 Å². The minimum atomic E-state index is -0.251. The average molecular weight is 409 g/mol. The molecule has 120 valence electrons. The SMILES string of the molecule is CN=C(NCCCOc1ccc(F)cc1)NCC(C)C.I. The highest BCUT2D eigenvalue weighted by Crippen LogP contribution is 2.10. The molecule has 0 atom stereocenters. The molecule has 0 heterocycles. The number of guanidine groups is 1. The summed E-state index contributed by atoms with van der Waals surface area (Å²) in [5.74, 6) is 1.82. The molecule has 0 aliphatic heterocycles. The van der Waals surface area contributed by atoms with E-state index in [1.807, 2.05) is 0 Å². The second kappa shape index (κ2) is 11.6.